The Morgan fingerprint density at radius 1 is 1.50 bits per heavy atom. The normalized spacial score (nSPS) is 39.6. The predicted octanol–water partition coefficient (Wildman–Crippen LogP) is 1.48. The van der Waals surface area contributed by atoms with Crippen LogP contribution in [0.15, 0.2) is 0 Å². The standard InChI is InChI=1S/C5H9ClOS/c6-5-3-1-2-4-8(5)7/h5H,1-4H2. The zero-order valence-electron chi connectivity index (χ0n) is 4.60. The fourth-order valence-corrected chi connectivity index (χ4v) is 2.40. The van der Waals surface area contributed by atoms with Crippen LogP contribution in [0, 0.1) is 0 Å². The zero-order valence-corrected chi connectivity index (χ0v) is 6.17. The lowest BCUT2D eigenvalue weighted by molar-refractivity contribution is 0.649. The van der Waals surface area contributed by atoms with Gasteiger partial charge in [0.2, 0.25) is 0 Å². The van der Waals surface area contributed by atoms with Gasteiger partial charge in [0.1, 0.15) is 4.71 Å². The molecular weight excluding hydrogens is 144 g/mol. The predicted molar refractivity (Wildman–Crippen MR) is 36.5 cm³/mol. The van der Waals surface area contributed by atoms with Crippen molar-refractivity contribution in [2.75, 3.05) is 5.75 Å². The van der Waals surface area contributed by atoms with Gasteiger partial charge in [-0.1, -0.05) is 6.42 Å². The summed E-state index contributed by atoms with van der Waals surface area (Å²) in [6.07, 6.45) is 3.18. The van der Waals surface area contributed by atoms with Crippen molar-refractivity contribution >= 4 is 22.4 Å². The van der Waals surface area contributed by atoms with Gasteiger partial charge >= 0.3 is 0 Å². The highest BCUT2D eigenvalue weighted by Gasteiger charge is 2.16. The average molecular weight is 153 g/mol. The highest BCUT2D eigenvalue weighted by Crippen LogP contribution is 2.18. The van der Waals surface area contributed by atoms with Crippen LogP contribution >= 0.6 is 11.6 Å². The van der Waals surface area contributed by atoms with Crippen molar-refractivity contribution in [3.05, 3.63) is 0 Å². The lowest BCUT2D eigenvalue weighted by atomic mass is 10.3. The Labute approximate surface area is 56.9 Å². The van der Waals surface area contributed by atoms with Gasteiger partial charge < -0.3 is 0 Å². The summed E-state index contributed by atoms with van der Waals surface area (Å²) < 4.78 is 10.7. The number of hydrogen-bond acceptors (Lipinski definition) is 1. The fourth-order valence-electron chi connectivity index (χ4n) is 0.808. The largest absolute Gasteiger partial charge is 0.258 e. The Balaban J connectivity index is 2.39. The Morgan fingerprint density at radius 3 is 2.62 bits per heavy atom. The van der Waals surface area contributed by atoms with E-state index in [9.17, 15) is 4.21 Å². The van der Waals surface area contributed by atoms with Crippen LogP contribution < -0.4 is 0 Å². The van der Waals surface area contributed by atoms with E-state index in [-0.39, 0.29) is 4.71 Å². The summed E-state index contributed by atoms with van der Waals surface area (Å²) in [4.78, 5) is 0. The van der Waals surface area contributed by atoms with Gasteiger partial charge in [0.25, 0.3) is 0 Å². The molecule has 1 saturated heterocycles. The molecule has 0 radical (unpaired) electrons. The molecule has 0 bridgehead atoms. The van der Waals surface area contributed by atoms with E-state index in [0.29, 0.717) is 0 Å². The van der Waals surface area contributed by atoms with Crippen molar-refractivity contribution in [1.29, 1.82) is 0 Å². The second kappa shape index (κ2) is 2.83. The van der Waals surface area contributed by atoms with Crippen molar-refractivity contribution in [3.8, 4) is 0 Å². The maximum absolute atomic E-state index is 10.8. The summed E-state index contributed by atoms with van der Waals surface area (Å²) in [5.41, 5.74) is 0. The summed E-state index contributed by atoms with van der Waals surface area (Å²) in [6.45, 7) is 0. The molecule has 1 aliphatic heterocycles. The van der Waals surface area contributed by atoms with E-state index in [4.69, 9.17) is 11.6 Å². The quantitative estimate of drug-likeness (QED) is 0.481. The molecule has 1 rings (SSSR count). The lowest BCUT2D eigenvalue weighted by Gasteiger charge is -2.13. The first kappa shape index (κ1) is 6.56. The van der Waals surface area contributed by atoms with Gasteiger partial charge in [0, 0.05) is 16.6 Å². The smallest absolute Gasteiger partial charge is 0.109 e. The number of halogens is 1. The van der Waals surface area contributed by atoms with Crippen molar-refractivity contribution in [2.24, 2.45) is 0 Å². The average Bonchev–Trinajstić information content (AvgIpc) is 1.77. The minimum absolute atomic E-state index is 0.0521. The van der Waals surface area contributed by atoms with Crippen LogP contribution in [0.3, 0.4) is 0 Å². The minimum Gasteiger partial charge on any atom is -0.258 e. The Bertz CT molecular complexity index is 105. The molecule has 1 aliphatic rings. The molecule has 0 aliphatic carbocycles. The molecule has 8 heavy (non-hydrogen) atoms. The third kappa shape index (κ3) is 1.46. The molecule has 0 spiro atoms. The van der Waals surface area contributed by atoms with Crippen LogP contribution in [0.5, 0.6) is 0 Å². The van der Waals surface area contributed by atoms with E-state index in [1.165, 1.54) is 0 Å². The SMILES string of the molecule is O=S1CCCCC1Cl. The van der Waals surface area contributed by atoms with Crippen LogP contribution in [0.4, 0.5) is 0 Å². The molecule has 48 valence electrons. The van der Waals surface area contributed by atoms with Gasteiger partial charge in [-0.25, -0.2) is 0 Å². The third-order valence-electron chi connectivity index (χ3n) is 1.31. The van der Waals surface area contributed by atoms with Gasteiger partial charge in [-0.05, 0) is 12.8 Å². The first-order valence-corrected chi connectivity index (χ1v) is 4.64. The Morgan fingerprint density at radius 2 is 2.25 bits per heavy atom. The van der Waals surface area contributed by atoms with E-state index in [1.54, 1.807) is 0 Å². The van der Waals surface area contributed by atoms with Gasteiger partial charge in [-0.3, -0.25) is 4.21 Å². The van der Waals surface area contributed by atoms with E-state index in [2.05, 4.69) is 0 Å². The van der Waals surface area contributed by atoms with Crippen LogP contribution in [0.2, 0.25) is 0 Å². The monoisotopic (exact) mass is 152 g/mol. The highest BCUT2D eigenvalue weighted by molar-refractivity contribution is 7.87. The Kier molecular flexibility index (Phi) is 2.32. The van der Waals surface area contributed by atoms with Crippen molar-refractivity contribution in [3.63, 3.8) is 0 Å². The molecule has 0 amide bonds. The van der Waals surface area contributed by atoms with Gasteiger partial charge in [-0.15, -0.1) is 11.6 Å². The van der Waals surface area contributed by atoms with Crippen LogP contribution in [0.25, 0.3) is 0 Å². The molecule has 1 heterocycles. The second-order valence-electron chi connectivity index (χ2n) is 1.99. The maximum atomic E-state index is 10.8. The lowest BCUT2D eigenvalue weighted by Crippen LogP contribution is -2.16. The summed E-state index contributed by atoms with van der Waals surface area (Å²) in [6, 6.07) is 0. The van der Waals surface area contributed by atoms with Crippen molar-refractivity contribution in [1.82, 2.24) is 0 Å². The summed E-state index contributed by atoms with van der Waals surface area (Å²) in [5.74, 6) is 0.814. The number of alkyl halides is 1. The van der Waals surface area contributed by atoms with Crippen LogP contribution in [-0.2, 0) is 10.8 Å². The van der Waals surface area contributed by atoms with E-state index in [0.717, 1.165) is 25.0 Å². The highest BCUT2D eigenvalue weighted by atomic mass is 35.5. The van der Waals surface area contributed by atoms with Gasteiger partial charge in [0.15, 0.2) is 0 Å². The van der Waals surface area contributed by atoms with E-state index >= 15 is 0 Å². The molecule has 0 aromatic carbocycles. The van der Waals surface area contributed by atoms with Gasteiger partial charge in [-0.2, -0.15) is 0 Å². The van der Waals surface area contributed by atoms with Crippen LogP contribution in [0.1, 0.15) is 19.3 Å². The third-order valence-corrected chi connectivity index (χ3v) is 3.62. The summed E-state index contributed by atoms with van der Waals surface area (Å²) >= 11 is 5.67. The van der Waals surface area contributed by atoms with Crippen LogP contribution in [-0.4, -0.2) is 14.7 Å². The number of rotatable bonds is 0. The summed E-state index contributed by atoms with van der Waals surface area (Å²) in [7, 11) is -0.720. The first-order chi connectivity index (χ1) is 3.80. The molecule has 0 aromatic heterocycles. The molecule has 3 heteroatoms. The maximum Gasteiger partial charge on any atom is 0.109 e. The summed E-state index contributed by atoms with van der Waals surface area (Å²) in [5, 5.41) is 0. The molecule has 1 nitrogen and oxygen atoms in total. The molecule has 0 aromatic rings. The molecule has 1 fully saturated rings. The fraction of sp³-hybridized carbons (Fsp3) is 1.00. The number of hydrogen-bond donors (Lipinski definition) is 0. The molecular formula is C5H9ClOS. The minimum atomic E-state index is -0.720. The molecule has 2 atom stereocenters. The van der Waals surface area contributed by atoms with Gasteiger partial charge in [0.05, 0.1) is 0 Å². The van der Waals surface area contributed by atoms with Crippen molar-refractivity contribution < 1.29 is 4.21 Å². The molecule has 2 unspecified atom stereocenters. The first-order valence-electron chi connectivity index (χ1n) is 2.82. The molecule has 0 saturated carbocycles. The van der Waals surface area contributed by atoms with Crippen molar-refractivity contribution in [2.45, 2.75) is 24.0 Å². The zero-order chi connectivity index (χ0) is 5.98. The van der Waals surface area contributed by atoms with E-state index < -0.39 is 10.8 Å². The molecule has 0 N–H and O–H groups in total. The Hall–Kier alpha value is 0.440. The second-order valence-corrected chi connectivity index (χ2v) is 4.52. The van der Waals surface area contributed by atoms with E-state index in [1.807, 2.05) is 0 Å². The topological polar surface area (TPSA) is 17.1 Å².